The Morgan fingerprint density at radius 2 is 1.94 bits per heavy atom. The molecule has 0 aromatic heterocycles. The number of hydrogen-bond donors (Lipinski definition) is 1. The maximum Gasteiger partial charge on any atom is 0.320 e. The maximum atomic E-state index is 11.5. The van der Waals surface area contributed by atoms with E-state index >= 15 is 0 Å². The van der Waals surface area contributed by atoms with Crippen molar-refractivity contribution >= 4 is 5.97 Å². The molecule has 0 amide bonds. The molecule has 1 N–H and O–H groups in total. The van der Waals surface area contributed by atoms with Gasteiger partial charge in [-0.15, -0.1) is 0 Å². The van der Waals surface area contributed by atoms with Gasteiger partial charge >= 0.3 is 5.97 Å². The van der Waals surface area contributed by atoms with E-state index in [0.717, 1.165) is 6.54 Å². The van der Waals surface area contributed by atoms with Crippen LogP contribution in [-0.4, -0.2) is 48.7 Å². The highest BCUT2D eigenvalue weighted by molar-refractivity contribution is 5.72. The van der Waals surface area contributed by atoms with E-state index in [-0.39, 0.29) is 5.97 Å². The van der Waals surface area contributed by atoms with Crippen molar-refractivity contribution in [3.05, 3.63) is 0 Å². The minimum atomic E-state index is -0.392. The highest BCUT2D eigenvalue weighted by atomic mass is 16.6. The molecule has 4 heteroatoms. The molecule has 0 saturated carbocycles. The zero-order valence-corrected chi connectivity index (χ0v) is 11.6. The van der Waals surface area contributed by atoms with E-state index in [2.05, 4.69) is 17.1 Å². The van der Waals surface area contributed by atoms with Crippen LogP contribution in [0.1, 0.15) is 40.5 Å². The Balaban J connectivity index is 2.14. The number of ether oxygens (including phenoxy) is 1. The number of nitrogens with zero attached hydrogens (tertiary/aromatic N) is 1. The van der Waals surface area contributed by atoms with Crippen LogP contribution in [-0.2, 0) is 9.53 Å². The predicted octanol–water partition coefficient (Wildman–Crippen LogP) is 1.40. The number of rotatable bonds is 5. The number of likely N-dealkylation sites (tertiary alicyclic amines) is 1. The molecule has 17 heavy (non-hydrogen) atoms. The lowest BCUT2D eigenvalue weighted by Gasteiger charge is -2.23. The van der Waals surface area contributed by atoms with E-state index < -0.39 is 5.60 Å². The second-order valence-corrected chi connectivity index (χ2v) is 5.88. The number of esters is 1. The lowest BCUT2D eigenvalue weighted by atomic mass is 10.2. The molecule has 0 aliphatic carbocycles. The van der Waals surface area contributed by atoms with Gasteiger partial charge in [0.2, 0.25) is 0 Å². The zero-order chi connectivity index (χ0) is 12.9. The minimum Gasteiger partial charge on any atom is -0.459 e. The van der Waals surface area contributed by atoms with Crippen LogP contribution >= 0.6 is 0 Å². The van der Waals surface area contributed by atoms with Gasteiger partial charge in [0.05, 0.1) is 6.54 Å². The fourth-order valence-corrected chi connectivity index (χ4v) is 2.05. The fraction of sp³-hybridized carbons (Fsp3) is 0.923. The highest BCUT2D eigenvalue weighted by Crippen LogP contribution is 2.08. The molecule has 1 unspecified atom stereocenters. The van der Waals surface area contributed by atoms with Crippen molar-refractivity contribution in [2.75, 3.05) is 26.2 Å². The smallest absolute Gasteiger partial charge is 0.320 e. The average molecular weight is 242 g/mol. The zero-order valence-electron chi connectivity index (χ0n) is 11.6. The number of hydrogen-bond acceptors (Lipinski definition) is 4. The number of nitrogens with one attached hydrogen (secondary N) is 1. The van der Waals surface area contributed by atoms with Crippen molar-refractivity contribution in [1.29, 1.82) is 0 Å². The first kappa shape index (κ1) is 14.5. The van der Waals surface area contributed by atoms with Crippen molar-refractivity contribution < 1.29 is 9.53 Å². The lowest BCUT2D eigenvalue weighted by Crippen LogP contribution is -2.41. The van der Waals surface area contributed by atoms with Crippen LogP contribution in [0.4, 0.5) is 0 Å². The average Bonchev–Trinajstić information content (AvgIpc) is 2.64. The van der Waals surface area contributed by atoms with Gasteiger partial charge in [-0.2, -0.15) is 0 Å². The summed E-state index contributed by atoms with van der Waals surface area (Å²) in [7, 11) is 0. The second-order valence-electron chi connectivity index (χ2n) is 5.88. The molecule has 1 aliphatic rings. The normalized spacial score (nSPS) is 19.3. The molecular formula is C13H26N2O2. The van der Waals surface area contributed by atoms with Gasteiger partial charge in [0, 0.05) is 12.6 Å². The summed E-state index contributed by atoms with van der Waals surface area (Å²) in [6.07, 6.45) is 2.61. The van der Waals surface area contributed by atoms with Gasteiger partial charge in [-0.3, -0.25) is 4.79 Å². The third-order valence-electron chi connectivity index (χ3n) is 2.75. The Morgan fingerprint density at radius 3 is 2.47 bits per heavy atom. The van der Waals surface area contributed by atoms with Crippen molar-refractivity contribution in [2.24, 2.45) is 0 Å². The molecule has 1 heterocycles. The molecular weight excluding hydrogens is 216 g/mol. The summed E-state index contributed by atoms with van der Waals surface area (Å²) in [5, 5.41) is 3.22. The first-order valence-electron chi connectivity index (χ1n) is 6.54. The molecule has 1 aliphatic heterocycles. The maximum absolute atomic E-state index is 11.5. The quantitative estimate of drug-likeness (QED) is 0.740. The lowest BCUT2D eigenvalue weighted by molar-refractivity contribution is -0.153. The molecule has 1 saturated heterocycles. The van der Waals surface area contributed by atoms with Crippen molar-refractivity contribution in [3.63, 3.8) is 0 Å². The Hall–Kier alpha value is -0.610. The van der Waals surface area contributed by atoms with Gasteiger partial charge in [-0.1, -0.05) is 0 Å². The highest BCUT2D eigenvalue weighted by Gasteiger charge is 2.18. The second kappa shape index (κ2) is 6.36. The number of carbonyl (C=O) groups is 1. The molecule has 1 fully saturated rings. The first-order chi connectivity index (χ1) is 7.87. The monoisotopic (exact) mass is 242 g/mol. The van der Waals surface area contributed by atoms with Crippen LogP contribution in [0, 0.1) is 0 Å². The van der Waals surface area contributed by atoms with Crippen LogP contribution in [0.3, 0.4) is 0 Å². The summed E-state index contributed by atoms with van der Waals surface area (Å²) in [5.41, 5.74) is -0.392. The van der Waals surface area contributed by atoms with Gasteiger partial charge in [0.25, 0.3) is 0 Å². The predicted molar refractivity (Wildman–Crippen MR) is 69.0 cm³/mol. The first-order valence-corrected chi connectivity index (χ1v) is 6.54. The molecule has 1 atom stereocenters. The molecule has 0 radical (unpaired) electrons. The fourth-order valence-electron chi connectivity index (χ4n) is 2.05. The molecule has 0 aromatic rings. The summed E-state index contributed by atoms with van der Waals surface area (Å²) in [5.74, 6) is -0.175. The summed E-state index contributed by atoms with van der Waals surface area (Å²) >= 11 is 0. The van der Waals surface area contributed by atoms with Crippen LogP contribution in [0.25, 0.3) is 0 Å². The van der Waals surface area contributed by atoms with Crippen LogP contribution in [0.5, 0.6) is 0 Å². The van der Waals surface area contributed by atoms with E-state index in [1.807, 2.05) is 20.8 Å². The topological polar surface area (TPSA) is 41.6 Å². The van der Waals surface area contributed by atoms with Gasteiger partial charge in [0.15, 0.2) is 0 Å². The molecule has 100 valence electrons. The molecule has 4 nitrogen and oxygen atoms in total. The number of carbonyl (C=O) groups excluding carboxylic acids is 1. The van der Waals surface area contributed by atoms with Crippen LogP contribution in [0.2, 0.25) is 0 Å². The third-order valence-corrected chi connectivity index (χ3v) is 2.75. The SMILES string of the molecule is CC(CN1CCCC1)NCC(=O)OC(C)(C)C. The van der Waals surface area contributed by atoms with E-state index in [4.69, 9.17) is 4.74 Å². The summed E-state index contributed by atoms with van der Waals surface area (Å²) in [6, 6.07) is 0.334. The molecule has 0 aromatic carbocycles. The Labute approximate surface area is 105 Å². The molecule has 1 rings (SSSR count). The Morgan fingerprint density at radius 1 is 1.35 bits per heavy atom. The largest absolute Gasteiger partial charge is 0.459 e. The molecule has 0 spiro atoms. The van der Waals surface area contributed by atoms with Crippen molar-refractivity contribution in [2.45, 2.75) is 52.2 Å². The summed E-state index contributed by atoms with van der Waals surface area (Å²) in [4.78, 5) is 13.9. The van der Waals surface area contributed by atoms with Gasteiger partial charge in [-0.25, -0.2) is 0 Å². The van der Waals surface area contributed by atoms with Gasteiger partial charge < -0.3 is 15.0 Å². The van der Waals surface area contributed by atoms with E-state index in [9.17, 15) is 4.79 Å². The Bertz CT molecular complexity index is 242. The van der Waals surface area contributed by atoms with E-state index in [0.29, 0.717) is 12.6 Å². The van der Waals surface area contributed by atoms with E-state index in [1.54, 1.807) is 0 Å². The van der Waals surface area contributed by atoms with Crippen LogP contribution in [0.15, 0.2) is 0 Å². The van der Waals surface area contributed by atoms with Crippen molar-refractivity contribution in [3.8, 4) is 0 Å². The van der Waals surface area contributed by atoms with Gasteiger partial charge in [-0.05, 0) is 53.6 Å². The third kappa shape index (κ3) is 6.64. The van der Waals surface area contributed by atoms with Gasteiger partial charge in [0.1, 0.15) is 5.60 Å². The van der Waals surface area contributed by atoms with E-state index in [1.165, 1.54) is 25.9 Å². The van der Waals surface area contributed by atoms with Crippen LogP contribution < -0.4 is 5.32 Å². The summed E-state index contributed by atoms with van der Waals surface area (Å²) in [6.45, 7) is 11.5. The molecule has 0 bridgehead atoms. The minimum absolute atomic E-state index is 0.175. The standard InChI is InChI=1S/C13H26N2O2/c1-11(10-15-7-5-6-8-15)14-9-12(16)17-13(2,3)4/h11,14H,5-10H2,1-4H3. The van der Waals surface area contributed by atoms with Crippen molar-refractivity contribution in [1.82, 2.24) is 10.2 Å². The Kier molecular flexibility index (Phi) is 5.40. The summed E-state index contributed by atoms with van der Waals surface area (Å²) < 4.78 is 5.24.